The van der Waals surface area contributed by atoms with Gasteiger partial charge in [0, 0.05) is 6.20 Å². The molecule has 0 aliphatic rings. The number of aromatic nitrogens is 2. The minimum atomic E-state index is -4.37. The van der Waals surface area contributed by atoms with Crippen LogP contribution in [0.2, 0.25) is 0 Å². The molecule has 0 saturated heterocycles. The Hall–Kier alpha value is -1.09. The lowest BCUT2D eigenvalue weighted by Crippen LogP contribution is -2.22. The van der Waals surface area contributed by atoms with E-state index in [0.29, 0.717) is 4.68 Å². The molecular weight excluding hydrogens is 331 g/mol. The van der Waals surface area contributed by atoms with Crippen molar-refractivity contribution in [2.45, 2.75) is 32.7 Å². The highest BCUT2D eigenvalue weighted by Crippen LogP contribution is 2.23. The molecule has 0 radical (unpaired) electrons. The molecule has 1 aromatic heterocycles. The van der Waals surface area contributed by atoms with Gasteiger partial charge in [0.05, 0.1) is 10.6 Å². The lowest BCUT2D eigenvalue weighted by molar-refractivity contribution is -0.142. The molecule has 0 aromatic carbocycles. The van der Waals surface area contributed by atoms with E-state index >= 15 is 0 Å². The summed E-state index contributed by atoms with van der Waals surface area (Å²) in [4.78, 5) is 11.4. The Kier molecular flexibility index (Phi) is 5.36. The fraction of sp³-hybridized carbons (Fsp3) is 0.600. The van der Waals surface area contributed by atoms with Crippen molar-refractivity contribution in [1.82, 2.24) is 9.78 Å². The number of rotatable bonds is 5. The zero-order valence-electron chi connectivity index (χ0n) is 10.3. The van der Waals surface area contributed by atoms with Gasteiger partial charge < -0.3 is 10.1 Å². The van der Waals surface area contributed by atoms with Crippen LogP contribution in [0.5, 0.6) is 0 Å². The van der Waals surface area contributed by atoms with Crippen molar-refractivity contribution in [2.75, 3.05) is 11.9 Å². The van der Waals surface area contributed by atoms with Gasteiger partial charge in [-0.25, -0.2) is 0 Å². The van der Waals surface area contributed by atoms with Crippen LogP contribution in [-0.4, -0.2) is 34.6 Å². The summed E-state index contributed by atoms with van der Waals surface area (Å²) in [6, 6.07) is 0. The van der Waals surface area contributed by atoms with E-state index in [1.807, 2.05) is 0 Å². The first-order valence-electron chi connectivity index (χ1n) is 5.38. The van der Waals surface area contributed by atoms with Crippen molar-refractivity contribution in [3.05, 3.63) is 10.7 Å². The van der Waals surface area contributed by atoms with E-state index in [1.165, 1.54) is 0 Å². The molecule has 0 unspecified atom stereocenters. The van der Waals surface area contributed by atoms with Crippen molar-refractivity contribution in [1.29, 1.82) is 0 Å². The predicted molar refractivity (Wildman–Crippen MR) is 65.7 cm³/mol. The Labute approximate surface area is 116 Å². The van der Waals surface area contributed by atoms with Crippen molar-refractivity contribution in [3.63, 3.8) is 0 Å². The summed E-state index contributed by atoms with van der Waals surface area (Å²) in [6.45, 7) is 2.13. The second-order valence-electron chi connectivity index (χ2n) is 4.05. The quantitative estimate of drug-likeness (QED) is 0.893. The zero-order chi connectivity index (χ0) is 14.6. The molecule has 9 heteroatoms. The van der Waals surface area contributed by atoms with Gasteiger partial charge in [0.25, 0.3) is 5.91 Å². The molecule has 0 aliphatic carbocycles. The minimum Gasteiger partial charge on any atom is -0.369 e. The SMILES string of the molecule is CC(C)OCC(=O)Nc1nn(CC(F)(F)F)cc1Br. The first kappa shape index (κ1) is 16.0. The van der Waals surface area contributed by atoms with Gasteiger partial charge in [-0.05, 0) is 29.8 Å². The Morgan fingerprint density at radius 1 is 1.58 bits per heavy atom. The maximum absolute atomic E-state index is 12.2. The zero-order valence-corrected chi connectivity index (χ0v) is 11.9. The predicted octanol–water partition coefficient (Wildman–Crippen LogP) is 2.57. The summed E-state index contributed by atoms with van der Waals surface area (Å²) < 4.78 is 42.5. The number of amides is 1. The van der Waals surface area contributed by atoms with Gasteiger partial charge in [-0.2, -0.15) is 18.3 Å². The van der Waals surface area contributed by atoms with Crippen molar-refractivity contribution in [3.8, 4) is 0 Å². The summed E-state index contributed by atoms with van der Waals surface area (Å²) in [5.74, 6) is -0.451. The van der Waals surface area contributed by atoms with Crippen LogP contribution >= 0.6 is 15.9 Å². The second-order valence-corrected chi connectivity index (χ2v) is 4.90. The fourth-order valence-corrected chi connectivity index (χ4v) is 1.57. The molecule has 0 bridgehead atoms. The largest absolute Gasteiger partial charge is 0.408 e. The summed E-state index contributed by atoms with van der Waals surface area (Å²) in [5, 5.41) is 5.99. The van der Waals surface area contributed by atoms with E-state index in [4.69, 9.17) is 4.74 Å². The average molecular weight is 344 g/mol. The molecule has 19 heavy (non-hydrogen) atoms. The third-order valence-corrected chi connectivity index (χ3v) is 2.44. The van der Waals surface area contributed by atoms with Gasteiger partial charge in [-0.1, -0.05) is 0 Å². The number of halogens is 4. The number of anilines is 1. The smallest absolute Gasteiger partial charge is 0.369 e. The molecule has 1 amide bonds. The summed E-state index contributed by atoms with van der Waals surface area (Å²) >= 11 is 3.03. The Bertz CT molecular complexity index is 446. The highest BCUT2D eigenvalue weighted by atomic mass is 79.9. The molecule has 1 N–H and O–H groups in total. The number of hydrogen-bond acceptors (Lipinski definition) is 3. The molecule has 0 spiro atoms. The van der Waals surface area contributed by atoms with Gasteiger partial charge in [-0.15, -0.1) is 0 Å². The minimum absolute atomic E-state index is 0.0293. The maximum atomic E-state index is 12.2. The average Bonchev–Trinajstić information content (AvgIpc) is 2.53. The summed E-state index contributed by atoms with van der Waals surface area (Å²) in [5.41, 5.74) is 0. The van der Waals surface area contributed by atoms with E-state index in [2.05, 4.69) is 26.3 Å². The Balaban J connectivity index is 2.61. The van der Waals surface area contributed by atoms with E-state index in [-0.39, 0.29) is 23.0 Å². The lowest BCUT2D eigenvalue weighted by atomic mass is 10.5. The third-order valence-electron chi connectivity index (χ3n) is 1.86. The fourth-order valence-electron chi connectivity index (χ4n) is 1.16. The number of hydrogen-bond donors (Lipinski definition) is 1. The molecule has 0 atom stereocenters. The number of carbonyl (C=O) groups is 1. The Morgan fingerprint density at radius 2 is 2.21 bits per heavy atom. The van der Waals surface area contributed by atoms with E-state index in [0.717, 1.165) is 6.20 Å². The van der Waals surface area contributed by atoms with Crippen LogP contribution < -0.4 is 5.32 Å². The van der Waals surface area contributed by atoms with Crippen LogP contribution in [0.25, 0.3) is 0 Å². The third kappa shape index (κ3) is 6.06. The van der Waals surface area contributed by atoms with Crippen LogP contribution in [0.1, 0.15) is 13.8 Å². The lowest BCUT2D eigenvalue weighted by Gasteiger charge is -2.07. The maximum Gasteiger partial charge on any atom is 0.408 e. The van der Waals surface area contributed by atoms with E-state index in [1.54, 1.807) is 13.8 Å². The number of carbonyl (C=O) groups excluding carboxylic acids is 1. The van der Waals surface area contributed by atoms with Gasteiger partial charge in [0.2, 0.25) is 0 Å². The second kappa shape index (κ2) is 6.38. The first-order valence-corrected chi connectivity index (χ1v) is 6.18. The number of alkyl halides is 3. The highest BCUT2D eigenvalue weighted by molar-refractivity contribution is 9.10. The first-order chi connectivity index (χ1) is 8.67. The van der Waals surface area contributed by atoms with Crippen LogP contribution in [0.3, 0.4) is 0 Å². The molecule has 108 valence electrons. The molecule has 1 aromatic rings. The van der Waals surface area contributed by atoms with Gasteiger partial charge in [0.1, 0.15) is 13.2 Å². The van der Waals surface area contributed by atoms with Gasteiger partial charge in [0.15, 0.2) is 5.82 Å². The van der Waals surface area contributed by atoms with Crippen molar-refractivity contribution >= 4 is 27.7 Å². The topological polar surface area (TPSA) is 56.1 Å². The number of nitrogens with one attached hydrogen (secondary N) is 1. The highest BCUT2D eigenvalue weighted by Gasteiger charge is 2.29. The van der Waals surface area contributed by atoms with Crippen LogP contribution in [-0.2, 0) is 16.1 Å². The summed E-state index contributed by atoms with van der Waals surface area (Å²) in [6.07, 6.45) is -3.34. The normalized spacial score (nSPS) is 11.9. The molecule has 1 rings (SSSR count). The van der Waals surface area contributed by atoms with Crippen molar-refractivity contribution in [2.24, 2.45) is 0 Å². The van der Waals surface area contributed by atoms with Crippen LogP contribution in [0.15, 0.2) is 10.7 Å². The van der Waals surface area contributed by atoms with E-state index < -0.39 is 18.6 Å². The standard InChI is InChI=1S/C10H13BrF3N3O2/c1-6(2)19-4-8(18)15-9-7(11)3-17(16-9)5-10(12,13)14/h3,6H,4-5H2,1-2H3,(H,15,16,18). The molecule has 0 aliphatic heterocycles. The monoisotopic (exact) mass is 343 g/mol. The van der Waals surface area contributed by atoms with Crippen LogP contribution in [0, 0.1) is 0 Å². The molecule has 5 nitrogen and oxygen atoms in total. The van der Waals surface area contributed by atoms with Gasteiger partial charge >= 0.3 is 6.18 Å². The molecule has 0 saturated carbocycles. The van der Waals surface area contributed by atoms with E-state index in [9.17, 15) is 18.0 Å². The summed E-state index contributed by atoms with van der Waals surface area (Å²) in [7, 11) is 0. The van der Waals surface area contributed by atoms with Crippen molar-refractivity contribution < 1.29 is 22.7 Å². The Morgan fingerprint density at radius 3 is 2.74 bits per heavy atom. The van der Waals surface area contributed by atoms with Crippen LogP contribution in [0.4, 0.5) is 19.0 Å². The molecule has 0 fully saturated rings. The van der Waals surface area contributed by atoms with Gasteiger partial charge in [-0.3, -0.25) is 9.48 Å². The number of nitrogens with zero attached hydrogens (tertiary/aromatic N) is 2. The number of ether oxygens (including phenoxy) is 1. The molecular formula is C10H13BrF3N3O2. The molecule has 1 heterocycles.